The fourth-order valence-electron chi connectivity index (χ4n) is 4.77. The Kier molecular flexibility index (Phi) is 7.99. The second-order valence-electron chi connectivity index (χ2n) is 9.34. The zero-order valence-corrected chi connectivity index (χ0v) is 23.4. The highest BCUT2D eigenvalue weighted by atomic mass is 32.1. The minimum Gasteiger partial charge on any atom is -0.494 e. The summed E-state index contributed by atoms with van der Waals surface area (Å²) in [6.07, 6.45) is 1.49. The molecule has 13 heteroatoms. The Bertz CT molecular complexity index is 1610. The molecule has 214 valence electrons. The number of methoxy groups -OCH3 is 2. The van der Waals surface area contributed by atoms with E-state index >= 15 is 0 Å². The van der Waals surface area contributed by atoms with Crippen molar-refractivity contribution in [2.24, 2.45) is 0 Å². The molecular formula is C28H27F2N5O5S. The SMILES string of the molecule is CCN1CCN(c2ccc(Nc3cc4cc(C(=O)c5c(F)c(OC)cc(OC)c5F)sc4cn3)c([N+](=O)[O-])c2)CC1. The van der Waals surface area contributed by atoms with Crippen LogP contribution in [0.5, 0.6) is 11.5 Å². The van der Waals surface area contributed by atoms with Crippen LogP contribution in [0.1, 0.15) is 22.2 Å². The number of aromatic nitrogens is 1. The van der Waals surface area contributed by atoms with Crippen molar-refractivity contribution in [3.05, 3.63) is 74.8 Å². The number of likely N-dealkylation sites (N-methyl/N-ethyl adjacent to an activating group) is 1. The summed E-state index contributed by atoms with van der Waals surface area (Å²) in [5, 5.41) is 15.5. The number of carbonyl (C=O) groups is 1. The molecular weight excluding hydrogens is 556 g/mol. The Hall–Kier alpha value is -4.36. The number of hydrogen-bond donors (Lipinski definition) is 1. The molecule has 1 saturated heterocycles. The molecule has 1 N–H and O–H groups in total. The first-order valence-corrected chi connectivity index (χ1v) is 13.6. The third-order valence-electron chi connectivity index (χ3n) is 7.05. The van der Waals surface area contributed by atoms with E-state index in [1.54, 1.807) is 18.2 Å². The number of pyridine rings is 1. The molecule has 0 atom stereocenters. The summed E-state index contributed by atoms with van der Waals surface area (Å²) < 4.78 is 40.3. The number of benzene rings is 2. The Morgan fingerprint density at radius 2 is 1.76 bits per heavy atom. The number of fused-ring (bicyclic) bond motifs is 1. The van der Waals surface area contributed by atoms with Gasteiger partial charge >= 0.3 is 0 Å². The number of ether oxygens (including phenoxy) is 2. The van der Waals surface area contributed by atoms with Crippen molar-refractivity contribution in [2.75, 3.05) is 57.2 Å². The molecule has 0 spiro atoms. The molecule has 0 aliphatic carbocycles. The minimum absolute atomic E-state index is 0.0746. The van der Waals surface area contributed by atoms with E-state index in [9.17, 15) is 23.7 Å². The first-order valence-electron chi connectivity index (χ1n) is 12.8. The number of hydrogen-bond acceptors (Lipinski definition) is 10. The monoisotopic (exact) mass is 583 g/mol. The number of nitrogens with zero attached hydrogens (tertiary/aromatic N) is 4. The van der Waals surface area contributed by atoms with E-state index in [0.29, 0.717) is 15.9 Å². The van der Waals surface area contributed by atoms with Crippen LogP contribution in [0.15, 0.2) is 42.6 Å². The number of thiophene rings is 1. The second kappa shape index (κ2) is 11.6. The van der Waals surface area contributed by atoms with Gasteiger partial charge < -0.3 is 24.6 Å². The Morgan fingerprint density at radius 3 is 2.37 bits per heavy atom. The van der Waals surface area contributed by atoms with E-state index in [-0.39, 0.29) is 27.8 Å². The fourth-order valence-corrected chi connectivity index (χ4v) is 5.73. The van der Waals surface area contributed by atoms with Gasteiger partial charge in [0.2, 0.25) is 5.78 Å². The van der Waals surface area contributed by atoms with E-state index < -0.39 is 27.9 Å². The first kappa shape index (κ1) is 28.2. The second-order valence-corrected chi connectivity index (χ2v) is 10.4. The third kappa shape index (κ3) is 5.50. The highest BCUT2D eigenvalue weighted by Gasteiger charge is 2.28. The van der Waals surface area contributed by atoms with Crippen LogP contribution >= 0.6 is 11.3 Å². The normalized spacial score (nSPS) is 13.8. The van der Waals surface area contributed by atoms with Crippen LogP contribution < -0.4 is 19.7 Å². The standard InChI is InChI=1S/C28H27F2N5O5S/c1-4-33-7-9-34(10-8-33)17-5-6-18(19(13-17)35(37)38)32-24-12-16-11-22(41-23(16)15-31-24)28(36)25-26(29)20(39-2)14-21(40-3)27(25)30/h5-6,11-15H,4,7-10H2,1-3H3,(H,31,32). The molecule has 41 heavy (non-hydrogen) atoms. The number of halogens is 2. The zero-order valence-electron chi connectivity index (χ0n) is 22.6. The number of nitro benzene ring substituents is 1. The lowest BCUT2D eigenvalue weighted by Crippen LogP contribution is -2.46. The van der Waals surface area contributed by atoms with Crippen LogP contribution in [0.3, 0.4) is 0 Å². The molecule has 1 aliphatic rings. The van der Waals surface area contributed by atoms with Crippen molar-refractivity contribution < 1.29 is 28.0 Å². The van der Waals surface area contributed by atoms with Gasteiger partial charge in [0.05, 0.1) is 28.7 Å². The molecule has 0 amide bonds. The molecule has 5 rings (SSSR count). The van der Waals surface area contributed by atoms with E-state index in [4.69, 9.17) is 9.47 Å². The molecule has 0 radical (unpaired) electrons. The van der Waals surface area contributed by atoms with Gasteiger partial charge in [-0.05, 0) is 36.2 Å². The topological polar surface area (TPSA) is 110 Å². The lowest BCUT2D eigenvalue weighted by Gasteiger charge is -2.35. The maximum atomic E-state index is 14.9. The van der Waals surface area contributed by atoms with Crippen LogP contribution in [0.25, 0.3) is 10.1 Å². The van der Waals surface area contributed by atoms with Crippen LogP contribution in [-0.2, 0) is 0 Å². The number of nitro groups is 1. The van der Waals surface area contributed by atoms with Gasteiger partial charge in [-0.15, -0.1) is 11.3 Å². The Morgan fingerprint density at radius 1 is 1.07 bits per heavy atom. The third-order valence-corrected chi connectivity index (χ3v) is 8.14. The number of rotatable bonds is 9. The van der Waals surface area contributed by atoms with E-state index in [2.05, 4.69) is 27.0 Å². The largest absolute Gasteiger partial charge is 0.494 e. The number of piperazine rings is 1. The average molecular weight is 584 g/mol. The summed E-state index contributed by atoms with van der Waals surface area (Å²) in [5.41, 5.74) is 0.153. The number of anilines is 3. The van der Waals surface area contributed by atoms with Crippen molar-refractivity contribution in [1.82, 2.24) is 9.88 Å². The molecule has 10 nitrogen and oxygen atoms in total. The maximum absolute atomic E-state index is 14.9. The molecule has 3 heterocycles. The van der Waals surface area contributed by atoms with Gasteiger partial charge in [-0.3, -0.25) is 14.9 Å². The molecule has 2 aromatic carbocycles. The lowest BCUT2D eigenvalue weighted by atomic mass is 10.1. The first-order chi connectivity index (χ1) is 19.7. The summed E-state index contributed by atoms with van der Waals surface area (Å²) in [6, 6.07) is 9.18. The van der Waals surface area contributed by atoms with Crippen molar-refractivity contribution in [1.29, 1.82) is 0 Å². The quantitative estimate of drug-likeness (QED) is 0.153. The predicted molar refractivity (Wildman–Crippen MR) is 153 cm³/mol. The highest BCUT2D eigenvalue weighted by molar-refractivity contribution is 7.21. The highest BCUT2D eigenvalue weighted by Crippen LogP contribution is 2.36. The summed E-state index contributed by atoms with van der Waals surface area (Å²) in [5.74, 6) is -3.47. The smallest absolute Gasteiger partial charge is 0.294 e. The lowest BCUT2D eigenvalue weighted by molar-refractivity contribution is -0.383. The zero-order chi connectivity index (χ0) is 29.3. The van der Waals surface area contributed by atoms with Gasteiger partial charge in [-0.2, -0.15) is 0 Å². The minimum atomic E-state index is -1.13. The molecule has 0 bridgehead atoms. The molecule has 0 unspecified atom stereocenters. The van der Waals surface area contributed by atoms with E-state index in [0.717, 1.165) is 55.8 Å². The fraction of sp³-hybridized carbons (Fsp3) is 0.286. The van der Waals surface area contributed by atoms with Gasteiger partial charge in [-0.25, -0.2) is 13.8 Å². The van der Waals surface area contributed by atoms with Crippen molar-refractivity contribution in [2.45, 2.75) is 6.92 Å². The Balaban J connectivity index is 1.42. The van der Waals surface area contributed by atoms with Gasteiger partial charge in [-0.1, -0.05) is 6.92 Å². The number of nitrogens with one attached hydrogen (secondary N) is 1. The summed E-state index contributed by atoms with van der Waals surface area (Å²) in [7, 11) is 2.41. The summed E-state index contributed by atoms with van der Waals surface area (Å²) in [6.45, 7) is 6.43. The van der Waals surface area contributed by atoms with Crippen molar-refractivity contribution >= 4 is 50.1 Å². The van der Waals surface area contributed by atoms with Crippen molar-refractivity contribution in [3.8, 4) is 11.5 Å². The summed E-state index contributed by atoms with van der Waals surface area (Å²) in [4.78, 5) is 33.5. The molecule has 2 aromatic heterocycles. The Labute approximate surface area is 238 Å². The summed E-state index contributed by atoms with van der Waals surface area (Å²) >= 11 is 1.02. The molecule has 1 fully saturated rings. The average Bonchev–Trinajstić information content (AvgIpc) is 3.41. The molecule has 4 aromatic rings. The number of ketones is 1. The van der Waals surface area contributed by atoms with Gasteiger partial charge in [0.1, 0.15) is 17.1 Å². The van der Waals surface area contributed by atoms with E-state index in [1.807, 2.05) is 6.07 Å². The van der Waals surface area contributed by atoms with Crippen LogP contribution in [0.2, 0.25) is 0 Å². The van der Waals surface area contributed by atoms with Gasteiger partial charge in [0.25, 0.3) is 5.69 Å². The predicted octanol–water partition coefficient (Wildman–Crippen LogP) is 5.62. The van der Waals surface area contributed by atoms with Gasteiger partial charge in [0.15, 0.2) is 23.1 Å². The van der Waals surface area contributed by atoms with Crippen LogP contribution in [-0.4, -0.2) is 67.5 Å². The number of carbonyl (C=O) groups excluding carboxylic acids is 1. The maximum Gasteiger partial charge on any atom is 0.294 e. The molecule has 0 saturated carbocycles. The van der Waals surface area contributed by atoms with Crippen molar-refractivity contribution in [3.63, 3.8) is 0 Å². The van der Waals surface area contributed by atoms with Gasteiger partial charge in [0, 0.05) is 50.2 Å². The van der Waals surface area contributed by atoms with Crippen LogP contribution in [0, 0.1) is 21.7 Å². The molecule has 1 aliphatic heterocycles. The van der Waals surface area contributed by atoms with Crippen LogP contribution in [0.4, 0.5) is 31.7 Å². The van der Waals surface area contributed by atoms with E-state index in [1.165, 1.54) is 26.5 Å².